The van der Waals surface area contributed by atoms with Crippen LogP contribution >= 0.6 is 0 Å². The maximum absolute atomic E-state index is 12.9. The number of aromatic nitrogens is 2. The first-order valence-electron chi connectivity index (χ1n) is 10.5. The number of alkyl carbamates (subject to hydrolysis) is 1. The van der Waals surface area contributed by atoms with Crippen molar-refractivity contribution in [2.24, 2.45) is 7.05 Å². The van der Waals surface area contributed by atoms with Crippen LogP contribution in [-0.4, -0.2) is 58.2 Å². The summed E-state index contributed by atoms with van der Waals surface area (Å²) in [6.45, 7) is 2.35. The van der Waals surface area contributed by atoms with Gasteiger partial charge >= 0.3 is 11.8 Å². The molecule has 2 aromatic rings. The molecular formula is C21H27N5O5. The van der Waals surface area contributed by atoms with Gasteiger partial charge in [0.05, 0.1) is 11.0 Å². The second kappa shape index (κ2) is 8.54. The Morgan fingerprint density at radius 3 is 2.58 bits per heavy atom. The normalized spacial score (nSPS) is 20.6. The number of imide groups is 1. The lowest BCUT2D eigenvalue weighted by atomic mass is 10.1. The maximum atomic E-state index is 12.9. The Labute approximate surface area is 179 Å². The fourth-order valence-electron chi connectivity index (χ4n) is 4.39. The van der Waals surface area contributed by atoms with E-state index in [1.165, 1.54) is 4.57 Å². The summed E-state index contributed by atoms with van der Waals surface area (Å²) in [4.78, 5) is 50.3. The molecule has 0 aliphatic carbocycles. The van der Waals surface area contributed by atoms with Crippen molar-refractivity contribution in [2.75, 3.05) is 20.1 Å². The van der Waals surface area contributed by atoms with Crippen molar-refractivity contribution in [1.29, 1.82) is 0 Å². The second-order valence-corrected chi connectivity index (χ2v) is 8.13. The Hall–Kier alpha value is -3.14. The maximum Gasteiger partial charge on any atom is 0.407 e. The first-order chi connectivity index (χ1) is 14.9. The number of fused-ring (bicyclic) bond motifs is 1. The lowest BCUT2D eigenvalue weighted by molar-refractivity contribution is -0.135. The highest BCUT2D eigenvalue weighted by atomic mass is 16.6. The molecule has 0 saturated carbocycles. The predicted molar refractivity (Wildman–Crippen MR) is 112 cm³/mol. The van der Waals surface area contributed by atoms with E-state index in [9.17, 15) is 19.2 Å². The molecule has 10 heteroatoms. The quantitative estimate of drug-likeness (QED) is 0.690. The van der Waals surface area contributed by atoms with E-state index in [0.29, 0.717) is 11.9 Å². The smallest absolute Gasteiger partial charge is 0.407 e. The van der Waals surface area contributed by atoms with Gasteiger partial charge in [0.2, 0.25) is 11.8 Å². The number of nitrogens with zero attached hydrogens (tertiary/aromatic N) is 3. The minimum atomic E-state index is -0.681. The molecule has 0 spiro atoms. The summed E-state index contributed by atoms with van der Waals surface area (Å²) in [6, 6.07) is 5.14. The molecule has 1 aromatic carbocycles. The van der Waals surface area contributed by atoms with Gasteiger partial charge in [0.15, 0.2) is 0 Å². The van der Waals surface area contributed by atoms with Crippen LogP contribution in [0.3, 0.4) is 0 Å². The standard InChI is InChI=1S/C21H27N5O5/c1-22-20(29)31-14-7-9-25(10-8-14)12-13-3-4-15-17(11-13)24(2)21(30)26(15)16-5-6-18(27)23-19(16)28/h3-4,11,14,16H,5-10,12H2,1-2H3,(H,22,29)(H,23,27,28). The van der Waals surface area contributed by atoms with E-state index in [2.05, 4.69) is 15.5 Å². The predicted octanol–water partition coefficient (Wildman–Crippen LogP) is 0.638. The lowest BCUT2D eigenvalue weighted by Crippen LogP contribution is -2.44. The third-order valence-electron chi connectivity index (χ3n) is 6.09. The van der Waals surface area contributed by atoms with Crippen molar-refractivity contribution < 1.29 is 19.1 Å². The molecule has 31 heavy (non-hydrogen) atoms. The van der Waals surface area contributed by atoms with Crippen molar-refractivity contribution in [1.82, 2.24) is 24.7 Å². The molecule has 2 aliphatic heterocycles. The summed E-state index contributed by atoms with van der Waals surface area (Å²) in [6.07, 6.45) is 1.63. The molecule has 1 unspecified atom stereocenters. The van der Waals surface area contributed by atoms with E-state index in [1.54, 1.807) is 18.7 Å². The Morgan fingerprint density at radius 1 is 1.16 bits per heavy atom. The van der Waals surface area contributed by atoms with E-state index in [-0.39, 0.29) is 24.1 Å². The molecular weight excluding hydrogens is 402 g/mol. The number of carbonyl (C=O) groups is 3. The van der Waals surface area contributed by atoms with Crippen LogP contribution in [0.2, 0.25) is 0 Å². The monoisotopic (exact) mass is 429 g/mol. The first kappa shape index (κ1) is 21.1. The average Bonchev–Trinajstić information content (AvgIpc) is 3.00. The molecule has 166 valence electrons. The van der Waals surface area contributed by atoms with Gasteiger partial charge < -0.3 is 10.1 Å². The van der Waals surface area contributed by atoms with Crippen molar-refractivity contribution in [2.45, 2.75) is 44.4 Å². The number of aryl methyl sites for hydroxylation is 1. The molecule has 3 heterocycles. The van der Waals surface area contributed by atoms with Crippen LogP contribution in [-0.2, 0) is 27.9 Å². The summed E-state index contributed by atoms with van der Waals surface area (Å²) in [5, 5.41) is 4.80. The molecule has 1 aromatic heterocycles. The van der Waals surface area contributed by atoms with E-state index >= 15 is 0 Å². The van der Waals surface area contributed by atoms with Gasteiger partial charge in [-0.15, -0.1) is 0 Å². The van der Waals surface area contributed by atoms with Crippen LogP contribution < -0.4 is 16.3 Å². The molecule has 0 radical (unpaired) electrons. The first-order valence-corrected chi connectivity index (χ1v) is 10.5. The highest BCUT2D eigenvalue weighted by Gasteiger charge is 2.31. The zero-order valence-electron chi connectivity index (χ0n) is 17.7. The van der Waals surface area contributed by atoms with Gasteiger partial charge in [0, 0.05) is 40.2 Å². The summed E-state index contributed by atoms with van der Waals surface area (Å²) in [7, 11) is 3.24. The lowest BCUT2D eigenvalue weighted by Gasteiger charge is -2.31. The molecule has 2 fully saturated rings. The van der Waals surface area contributed by atoms with E-state index in [0.717, 1.165) is 43.6 Å². The van der Waals surface area contributed by atoms with Crippen molar-refractivity contribution in [3.63, 3.8) is 0 Å². The average molecular weight is 429 g/mol. The van der Waals surface area contributed by atoms with Gasteiger partial charge in [0.1, 0.15) is 12.1 Å². The molecule has 0 bridgehead atoms. The van der Waals surface area contributed by atoms with E-state index in [1.807, 2.05) is 18.2 Å². The number of benzene rings is 1. The number of amides is 3. The van der Waals surface area contributed by atoms with Crippen molar-refractivity contribution in [3.8, 4) is 0 Å². The van der Waals surface area contributed by atoms with Gasteiger partial charge in [-0.05, 0) is 37.0 Å². The molecule has 3 amide bonds. The van der Waals surface area contributed by atoms with Crippen molar-refractivity contribution >= 4 is 28.9 Å². The number of piperidine rings is 2. The number of ether oxygens (including phenoxy) is 1. The summed E-state index contributed by atoms with van der Waals surface area (Å²) in [5.41, 5.74) is 2.23. The highest BCUT2D eigenvalue weighted by Crippen LogP contribution is 2.24. The summed E-state index contributed by atoms with van der Waals surface area (Å²) < 4.78 is 8.37. The highest BCUT2D eigenvalue weighted by molar-refractivity contribution is 6.00. The molecule has 2 aliphatic rings. The van der Waals surface area contributed by atoms with Crippen LogP contribution in [0.1, 0.15) is 37.3 Å². The van der Waals surface area contributed by atoms with Gasteiger partial charge in [-0.1, -0.05) is 6.07 Å². The van der Waals surface area contributed by atoms with Crippen LogP contribution in [0.4, 0.5) is 4.79 Å². The minimum absolute atomic E-state index is 0.0675. The van der Waals surface area contributed by atoms with Gasteiger partial charge in [-0.2, -0.15) is 0 Å². The SMILES string of the molecule is CNC(=O)OC1CCN(Cc2ccc3c(c2)n(C)c(=O)n3C2CCC(=O)NC2=O)CC1. The van der Waals surface area contributed by atoms with E-state index < -0.39 is 18.0 Å². The van der Waals surface area contributed by atoms with E-state index in [4.69, 9.17) is 4.74 Å². The Balaban J connectivity index is 1.50. The number of rotatable bonds is 4. The molecule has 4 rings (SSSR count). The third kappa shape index (κ3) is 4.20. The number of hydrogen-bond acceptors (Lipinski definition) is 6. The van der Waals surface area contributed by atoms with Crippen LogP contribution in [0, 0.1) is 0 Å². The second-order valence-electron chi connectivity index (χ2n) is 8.13. The fraction of sp³-hybridized carbons (Fsp3) is 0.524. The van der Waals surface area contributed by atoms with Gasteiger partial charge in [-0.3, -0.25) is 28.9 Å². The largest absolute Gasteiger partial charge is 0.446 e. The molecule has 1 atom stereocenters. The number of carbonyl (C=O) groups excluding carboxylic acids is 3. The number of nitrogens with one attached hydrogen (secondary N) is 2. The Morgan fingerprint density at radius 2 is 1.90 bits per heavy atom. The number of imidazole rings is 1. The number of likely N-dealkylation sites (tertiary alicyclic amines) is 1. The minimum Gasteiger partial charge on any atom is -0.446 e. The molecule has 10 nitrogen and oxygen atoms in total. The number of hydrogen-bond donors (Lipinski definition) is 2. The van der Waals surface area contributed by atoms with Crippen LogP contribution in [0.25, 0.3) is 11.0 Å². The topological polar surface area (TPSA) is 115 Å². The van der Waals surface area contributed by atoms with Gasteiger partial charge in [-0.25, -0.2) is 9.59 Å². The fourth-order valence-corrected chi connectivity index (χ4v) is 4.39. The Bertz CT molecular complexity index is 1080. The van der Waals surface area contributed by atoms with Crippen molar-refractivity contribution in [3.05, 3.63) is 34.2 Å². The van der Waals surface area contributed by atoms with Gasteiger partial charge in [0.25, 0.3) is 0 Å². The molecule has 2 N–H and O–H groups in total. The zero-order valence-corrected chi connectivity index (χ0v) is 17.7. The molecule has 2 saturated heterocycles. The summed E-state index contributed by atoms with van der Waals surface area (Å²) >= 11 is 0. The van der Waals surface area contributed by atoms with Crippen LogP contribution in [0.15, 0.2) is 23.0 Å². The Kier molecular flexibility index (Phi) is 5.81. The zero-order chi connectivity index (χ0) is 22.1. The third-order valence-corrected chi connectivity index (χ3v) is 6.09. The van der Waals surface area contributed by atoms with Crippen LogP contribution in [0.5, 0.6) is 0 Å². The summed E-state index contributed by atoms with van der Waals surface area (Å²) in [5.74, 6) is -0.738.